The first-order valence-corrected chi connectivity index (χ1v) is 11.9. The van der Waals surface area contributed by atoms with Crippen molar-refractivity contribution in [3.05, 3.63) is 72.1 Å². The predicted octanol–water partition coefficient (Wildman–Crippen LogP) is 4.46. The number of anilines is 1. The van der Waals surface area contributed by atoms with Gasteiger partial charge >= 0.3 is 0 Å². The molecule has 1 saturated heterocycles. The van der Waals surface area contributed by atoms with Gasteiger partial charge in [0, 0.05) is 31.2 Å². The molecule has 1 N–H and O–H groups in total. The largest absolute Gasteiger partial charge is 0.341 e. The smallest absolute Gasteiger partial charge is 0.233 e. The molecular weight excluding hydrogens is 420 g/mol. The number of nitrogens with zero attached hydrogens (tertiary/aromatic N) is 3. The molecule has 1 aliphatic heterocycles. The Balaban J connectivity index is 1.36. The standard InChI is InChI=1S/C25H28N4O2S/c1-18-8-6-12-22(19(18)2)29-15-13-26-25(29)32-17-23(30)28-14-7-9-20(16-28)24(31)27-21-10-4-3-5-11-21/h3-6,8,10-13,15,20H,7,9,14,16-17H2,1-2H3,(H,27,31). The lowest BCUT2D eigenvalue weighted by molar-refractivity contribution is -0.132. The molecule has 166 valence electrons. The summed E-state index contributed by atoms with van der Waals surface area (Å²) >= 11 is 1.44. The molecule has 1 fully saturated rings. The molecule has 2 aromatic carbocycles. The molecule has 0 aliphatic carbocycles. The number of aromatic nitrogens is 2. The highest BCUT2D eigenvalue weighted by Crippen LogP contribution is 2.25. The Kier molecular flexibility index (Phi) is 6.95. The number of benzene rings is 2. The number of piperidine rings is 1. The molecule has 0 bridgehead atoms. The van der Waals surface area contributed by atoms with E-state index < -0.39 is 0 Å². The molecule has 1 unspecified atom stereocenters. The van der Waals surface area contributed by atoms with Crippen molar-refractivity contribution < 1.29 is 9.59 Å². The van der Waals surface area contributed by atoms with Crippen LogP contribution < -0.4 is 5.32 Å². The number of imidazole rings is 1. The van der Waals surface area contributed by atoms with Gasteiger partial charge < -0.3 is 10.2 Å². The zero-order valence-electron chi connectivity index (χ0n) is 18.5. The molecule has 32 heavy (non-hydrogen) atoms. The van der Waals surface area contributed by atoms with Gasteiger partial charge in [0.1, 0.15) is 0 Å². The fourth-order valence-corrected chi connectivity index (χ4v) is 4.85. The number of amides is 2. The molecule has 7 heteroatoms. The Bertz CT molecular complexity index is 1100. The number of carbonyl (C=O) groups is 2. The van der Waals surface area contributed by atoms with E-state index in [1.54, 1.807) is 6.20 Å². The van der Waals surface area contributed by atoms with E-state index in [1.807, 2.05) is 52.1 Å². The molecule has 1 aromatic heterocycles. The maximum Gasteiger partial charge on any atom is 0.233 e. The minimum Gasteiger partial charge on any atom is -0.341 e. The first kappa shape index (κ1) is 22.1. The third kappa shape index (κ3) is 5.05. The van der Waals surface area contributed by atoms with E-state index in [1.165, 1.54) is 22.9 Å². The summed E-state index contributed by atoms with van der Waals surface area (Å²) in [5.41, 5.74) is 4.28. The number of aryl methyl sites for hydroxylation is 1. The average molecular weight is 449 g/mol. The summed E-state index contributed by atoms with van der Waals surface area (Å²) in [6, 6.07) is 15.6. The van der Waals surface area contributed by atoms with Crippen molar-refractivity contribution in [3.8, 4) is 5.69 Å². The van der Waals surface area contributed by atoms with Gasteiger partial charge in [0.05, 0.1) is 17.4 Å². The van der Waals surface area contributed by atoms with Gasteiger partial charge in [-0.1, -0.05) is 42.1 Å². The summed E-state index contributed by atoms with van der Waals surface area (Å²) in [4.78, 5) is 31.9. The van der Waals surface area contributed by atoms with Crippen molar-refractivity contribution in [1.82, 2.24) is 14.5 Å². The van der Waals surface area contributed by atoms with Crippen molar-refractivity contribution in [2.24, 2.45) is 5.92 Å². The van der Waals surface area contributed by atoms with Gasteiger partial charge in [-0.3, -0.25) is 14.2 Å². The minimum atomic E-state index is -0.185. The van der Waals surface area contributed by atoms with Crippen LogP contribution in [0.3, 0.4) is 0 Å². The lowest BCUT2D eigenvalue weighted by atomic mass is 9.97. The van der Waals surface area contributed by atoms with Gasteiger partial charge in [-0.25, -0.2) is 4.98 Å². The molecule has 2 heterocycles. The van der Waals surface area contributed by atoms with Crippen LogP contribution >= 0.6 is 11.8 Å². The van der Waals surface area contributed by atoms with Crippen LogP contribution in [0, 0.1) is 19.8 Å². The van der Waals surface area contributed by atoms with Crippen LogP contribution in [0.5, 0.6) is 0 Å². The number of hydrogen-bond acceptors (Lipinski definition) is 4. The fourth-order valence-electron chi connectivity index (χ4n) is 3.98. The molecular formula is C25H28N4O2S. The van der Waals surface area contributed by atoms with E-state index in [4.69, 9.17) is 0 Å². The Morgan fingerprint density at radius 2 is 1.94 bits per heavy atom. The number of thioether (sulfide) groups is 1. The molecule has 4 rings (SSSR count). The summed E-state index contributed by atoms with van der Waals surface area (Å²) in [6.07, 6.45) is 5.33. The van der Waals surface area contributed by atoms with Crippen LogP contribution in [-0.2, 0) is 9.59 Å². The van der Waals surface area contributed by atoms with E-state index in [2.05, 4.69) is 36.3 Å². The van der Waals surface area contributed by atoms with Crippen molar-refractivity contribution in [1.29, 1.82) is 0 Å². The lowest BCUT2D eigenvalue weighted by Gasteiger charge is -2.32. The van der Waals surface area contributed by atoms with Crippen LogP contribution in [-0.4, -0.2) is 45.1 Å². The normalized spacial score (nSPS) is 16.1. The molecule has 0 radical (unpaired) electrons. The van der Waals surface area contributed by atoms with E-state index in [0.717, 1.165) is 29.4 Å². The van der Waals surface area contributed by atoms with Crippen LogP contribution in [0.25, 0.3) is 5.69 Å². The third-order valence-corrected chi connectivity index (χ3v) is 6.90. The van der Waals surface area contributed by atoms with Crippen molar-refractivity contribution >= 4 is 29.3 Å². The monoisotopic (exact) mass is 448 g/mol. The molecule has 3 aromatic rings. The highest BCUT2D eigenvalue weighted by atomic mass is 32.2. The topological polar surface area (TPSA) is 67.2 Å². The Labute approximate surface area is 193 Å². The van der Waals surface area contributed by atoms with Gasteiger partial charge in [-0.15, -0.1) is 0 Å². The van der Waals surface area contributed by atoms with Crippen LogP contribution in [0.2, 0.25) is 0 Å². The molecule has 2 amide bonds. The van der Waals surface area contributed by atoms with Crippen molar-refractivity contribution in [2.45, 2.75) is 31.8 Å². The number of nitrogens with one attached hydrogen (secondary N) is 1. The van der Waals surface area contributed by atoms with Crippen LogP contribution in [0.4, 0.5) is 5.69 Å². The Hall–Kier alpha value is -3.06. The van der Waals surface area contributed by atoms with Gasteiger partial charge in [0.25, 0.3) is 0 Å². The molecule has 1 atom stereocenters. The van der Waals surface area contributed by atoms with Gasteiger partial charge in [0.2, 0.25) is 11.8 Å². The Morgan fingerprint density at radius 3 is 2.75 bits per heavy atom. The average Bonchev–Trinajstić information content (AvgIpc) is 3.28. The molecule has 0 saturated carbocycles. The third-order valence-electron chi connectivity index (χ3n) is 5.95. The number of rotatable bonds is 6. The summed E-state index contributed by atoms with van der Waals surface area (Å²) < 4.78 is 2.03. The second kappa shape index (κ2) is 10.0. The first-order chi connectivity index (χ1) is 15.5. The number of carbonyl (C=O) groups excluding carboxylic acids is 2. The van der Waals surface area contributed by atoms with Gasteiger partial charge in [0.15, 0.2) is 5.16 Å². The number of para-hydroxylation sites is 1. The van der Waals surface area contributed by atoms with Crippen LogP contribution in [0.1, 0.15) is 24.0 Å². The fraction of sp³-hybridized carbons (Fsp3) is 0.320. The molecule has 6 nitrogen and oxygen atoms in total. The first-order valence-electron chi connectivity index (χ1n) is 10.9. The highest BCUT2D eigenvalue weighted by Gasteiger charge is 2.28. The summed E-state index contributed by atoms with van der Waals surface area (Å²) in [5, 5.41) is 3.76. The maximum absolute atomic E-state index is 12.9. The second-order valence-corrected chi connectivity index (χ2v) is 9.06. The predicted molar refractivity (Wildman–Crippen MR) is 128 cm³/mol. The van der Waals surface area contributed by atoms with E-state index >= 15 is 0 Å². The quantitative estimate of drug-likeness (QED) is 0.566. The summed E-state index contributed by atoms with van der Waals surface area (Å²) in [7, 11) is 0. The number of hydrogen-bond donors (Lipinski definition) is 1. The number of likely N-dealkylation sites (tertiary alicyclic amines) is 1. The summed E-state index contributed by atoms with van der Waals surface area (Å²) in [5.74, 6) is 0.138. The minimum absolute atomic E-state index is 0.0215. The van der Waals surface area contributed by atoms with E-state index in [-0.39, 0.29) is 17.7 Å². The summed E-state index contributed by atoms with van der Waals surface area (Å²) in [6.45, 7) is 5.34. The van der Waals surface area contributed by atoms with E-state index in [9.17, 15) is 9.59 Å². The second-order valence-electron chi connectivity index (χ2n) is 8.12. The van der Waals surface area contributed by atoms with Gasteiger partial charge in [-0.2, -0.15) is 0 Å². The van der Waals surface area contributed by atoms with E-state index in [0.29, 0.717) is 18.8 Å². The SMILES string of the molecule is Cc1cccc(-n2ccnc2SCC(=O)N2CCCC(C(=O)Nc3ccccc3)C2)c1C. The van der Waals surface area contributed by atoms with Crippen LogP contribution in [0.15, 0.2) is 66.1 Å². The highest BCUT2D eigenvalue weighted by molar-refractivity contribution is 7.99. The zero-order valence-corrected chi connectivity index (χ0v) is 19.3. The molecule has 0 spiro atoms. The van der Waals surface area contributed by atoms with Gasteiger partial charge in [-0.05, 0) is 56.0 Å². The zero-order chi connectivity index (χ0) is 22.5. The van der Waals surface area contributed by atoms with Crippen molar-refractivity contribution in [2.75, 3.05) is 24.2 Å². The Morgan fingerprint density at radius 1 is 1.12 bits per heavy atom. The van der Waals surface area contributed by atoms with Crippen molar-refractivity contribution in [3.63, 3.8) is 0 Å². The molecule has 1 aliphatic rings. The lowest BCUT2D eigenvalue weighted by Crippen LogP contribution is -2.44. The maximum atomic E-state index is 12.9.